The van der Waals surface area contributed by atoms with Crippen LogP contribution < -0.4 is 0 Å². The molecule has 0 atom stereocenters. The van der Waals surface area contributed by atoms with Crippen LogP contribution >= 0.6 is 55.4 Å². The first-order valence-electron chi connectivity index (χ1n) is 1.67. The van der Waals surface area contributed by atoms with E-state index in [1.807, 2.05) is 6.55 Å². The lowest BCUT2D eigenvalue weighted by molar-refractivity contribution is 2.34. The predicted molar refractivity (Wildman–Crippen MR) is 49.4 cm³/mol. The van der Waals surface area contributed by atoms with Crippen molar-refractivity contribution in [3.05, 3.63) is 0 Å². The molecule has 0 nitrogen and oxygen atoms in total. The quantitative estimate of drug-likeness (QED) is 0.458. The van der Waals surface area contributed by atoms with E-state index in [0.717, 1.165) is 0 Å². The first-order valence-corrected chi connectivity index (χ1v) is 11.6. The van der Waals surface area contributed by atoms with Crippen LogP contribution in [-0.2, 0) is 0 Å². The van der Waals surface area contributed by atoms with Gasteiger partial charge in [-0.15, -0.1) is 33.2 Å². The minimum atomic E-state index is -1.72. The third kappa shape index (κ3) is 105. The summed E-state index contributed by atoms with van der Waals surface area (Å²) in [6.07, 6.45) is 0. The molecule has 0 rings (SSSR count). The van der Waals surface area contributed by atoms with Crippen molar-refractivity contribution in [3.63, 3.8) is 0 Å². The van der Waals surface area contributed by atoms with Crippen LogP contribution in [0.4, 0.5) is 0 Å². The summed E-state index contributed by atoms with van der Waals surface area (Å²) in [5.74, 6) is 0. The van der Waals surface area contributed by atoms with E-state index in [0.29, 0.717) is 0 Å². The summed E-state index contributed by atoms with van der Waals surface area (Å²) >= 11 is 25.2. The molecular formula is CH5Cl5Si2. The van der Waals surface area contributed by atoms with Gasteiger partial charge in [0.1, 0.15) is 0 Å². The molecule has 0 bridgehead atoms. The van der Waals surface area contributed by atoms with E-state index in [1.54, 1.807) is 0 Å². The highest BCUT2D eigenvalue weighted by Crippen LogP contribution is 1.97. The van der Waals surface area contributed by atoms with Gasteiger partial charge < -0.3 is 0 Å². The lowest BCUT2D eigenvalue weighted by Gasteiger charge is -1.68. The maximum atomic E-state index is 5.18. The molecule has 0 N–H and O–H groups in total. The van der Waals surface area contributed by atoms with E-state index >= 15 is 0 Å². The second kappa shape index (κ2) is 8.88. The van der Waals surface area contributed by atoms with Gasteiger partial charge in [-0.2, -0.15) is 22.2 Å². The first kappa shape index (κ1) is 12.6. The molecule has 0 aliphatic carbocycles. The molecule has 0 heterocycles. The van der Waals surface area contributed by atoms with Gasteiger partial charge in [-0.05, 0) is 6.55 Å². The maximum Gasteiger partial charge on any atom is 0.326 e. The fourth-order valence-electron chi connectivity index (χ4n) is 0. The topological polar surface area (TPSA) is 0 Å². The van der Waals surface area contributed by atoms with Crippen LogP contribution in [0.2, 0.25) is 6.55 Å². The fraction of sp³-hybridized carbons (Fsp3) is 1.00. The highest BCUT2D eigenvalue weighted by Gasteiger charge is 1.85. The lowest BCUT2D eigenvalue weighted by atomic mass is 11.9. The highest BCUT2D eigenvalue weighted by molar-refractivity contribution is 7.54. The van der Waals surface area contributed by atoms with E-state index in [1.165, 1.54) is 0 Å². The van der Waals surface area contributed by atoms with Gasteiger partial charge in [0, 0.05) is 0 Å². The second-order valence-corrected chi connectivity index (χ2v) is 12.8. The van der Waals surface area contributed by atoms with Crippen molar-refractivity contribution in [2.75, 3.05) is 0 Å². The Morgan fingerprint density at radius 2 is 0.875 bits per heavy atom. The third-order valence-electron chi connectivity index (χ3n) is 0. The molecular weight excluding hydrogens is 245 g/mol. The Hall–Kier alpha value is 1.88. The van der Waals surface area contributed by atoms with E-state index < -0.39 is 14.1 Å². The van der Waals surface area contributed by atoms with Gasteiger partial charge in [0.15, 0.2) is 0 Å². The van der Waals surface area contributed by atoms with Gasteiger partial charge in [-0.25, -0.2) is 0 Å². The molecule has 52 valence electrons. The Balaban J connectivity index is 0. The van der Waals surface area contributed by atoms with Gasteiger partial charge in [0.05, 0.1) is 0 Å². The van der Waals surface area contributed by atoms with Gasteiger partial charge in [-0.3, -0.25) is 0 Å². The highest BCUT2D eigenvalue weighted by atomic mass is 35.8. The Morgan fingerprint density at radius 1 is 0.875 bits per heavy atom. The van der Waals surface area contributed by atoms with Gasteiger partial charge in [0.2, 0.25) is 7.42 Å². The van der Waals surface area contributed by atoms with Crippen LogP contribution in [0.3, 0.4) is 0 Å². The molecule has 0 radical (unpaired) electrons. The van der Waals surface area contributed by atoms with E-state index in [-0.39, 0.29) is 0 Å². The van der Waals surface area contributed by atoms with Crippen molar-refractivity contribution in [1.82, 2.24) is 0 Å². The van der Waals surface area contributed by atoms with Crippen molar-refractivity contribution in [2.24, 2.45) is 0 Å². The number of rotatable bonds is 0. The second-order valence-electron chi connectivity index (χ2n) is 0.766. The van der Waals surface area contributed by atoms with Crippen molar-refractivity contribution < 1.29 is 0 Å². The minimum Gasteiger partial charge on any atom is -0.151 e. The predicted octanol–water partition coefficient (Wildman–Crippen LogP) is 2.73. The monoisotopic (exact) mass is 248 g/mol. The summed E-state index contributed by atoms with van der Waals surface area (Å²) < 4.78 is 0. The third-order valence-corrected chi connectivity index (χ3v) is 0. The number of hydrogen-bond acceptors (Lipinski definition) is 0. The van der Waals surface area contributed by atoms with Crippen LogP contribution in [0.5, 0.6) is 0 Å². The van der Waals surface area contributed by atoms with Crippen LogP contribution in [0, 0.1) is 0 Å². The van der Waals surface area contributed by atoms with E-state index in [4.69, 9.17) is 55.4 Å². The lowest BCUT2D eigenvalue weighted by Crippen LogP contribution is -1.72. The van der Waals surface area contributed by atoms with Gasteiger partial charge in [0.25, 0.3) is 0 Å². The zero-order valence-electron chi connectivity index (χ0n) is 4.04. The SMILES string of the molecule is C[SiH](Cl)Cl.Cl[SiH](Cl)Cl. The molecule has 0 aliphatic rings. The van der Waals surface area contributed by atoms with Crippen LogP contribution in [-0.4, -0.2) is 14.1 Å². The zero-order chi connectivity index (χ0) is 7.15. The molecule has 0 aliphatic heterocycles. The molecule has 0 saturated heterocycles. The van der Waals surface area contributed by atoms with Crippen molar-refractivity contribution in [3.8, 4) is 0 Å². The summed E-state index contributed by atoms with van der Waals surface area (Å²) in [4.78, 5) is 0. The van der Waals surface area contributed by atoms with Crippen LogP contribution in [0.25, 0.3) is 0 Å². The number of halogens is 5. The Morgan fingerprint density at radius 3 is 0.875 bits per heavy atom. The molecule has 7 heteroatoms. The molecule has 0 aromatic heterocycles. The zero-order valence-corrected chi connectivity index (χ0v) is 10.1. The molecule has 0 unspecified atom stereocenters. The van der Waals surface area contributed by atoms with Crippen LogP contribution in [0.15, 0.2) is 0 Å². The standard InChI is InChI=1S/CH4Cl2Si.Cl3HSi/c2*1-4(2)3/h4H,1H3;4H. The Bertz CT molecular complexity index is 25.9. The van der Waals surface area contributed by atoms with Crippen molar-refractivity contribution >= 4 is 69.5 Å². The summed E-state index contributed by atoms with van der Waals surface area (Å²) in [6.45, 7) is 0.114. The molecule has 0 fully saturated rings. The van der Waals surface area contributed by atoms with Gasteiger partial charge in [-0.1, -0.05) is 0 Å². The Labute approximate surface area is 75.7 Å². The summed E-state index contributed by atoms with van der Waals surface area (Å²) in [5.41, 5.74) is 0. The molecule has 0 saturated carbocycles. The molecule has 0 aromatic rings. The molecule has 8 heavy (non-hydrogen) atoms. The average Bonchev–Trinajstić information content (AvgIpc) is 1.25. The normalized spacial score (nSPS) is 9.00. The Kier molecular flexibility index (Phi) is 13.9. The fourth-order valence-corrected chi connectivity index (χ4v) is 0. The first-order chi connectivity index (χ1) is 3.46. The molecule has 0 amide bonds. The largest absolute Gasteiger partial charge is 0.326 e. The smallest absolute Gasteiger partial charge is 0.151 e. The molecule has 0 aromatic carbocycles. The molecule has 0 spiro atoms. The maximum absolute atomic E-state index is 5.18. The van der Waals surface area contributed by atoms with Crippen molar-refractivity contribution in [2.45, 2.75) is 6.55 Å². The van der Waals surface area contributed by atoms with Gasteiger partial charge >= 0.3 is 6.73 Å². The number of hydrogen-bond donors (Lipinski definition) is 0. The van der Waals surface area contributed by atoms with E-state index in [2.05, 4.69) is 0 Å². The summed E-state index contributed by atoms with van der Waals surface area (Å²) in [7, 11) is -1.19. The van der Waals surface area contributed by atoms with Crippen molar-refractivity contribution in [1.29, 1.82) is 0 Å². The summed E-state index contributed by atoms with van der Waals surface area (Å²) in [6, 6.07) is 0. The average molecular weight is 250 g/mol. The van der Waals surface area contributed by atoms with Crippen LogP contribution in [0.1, 0.15) is 0 Å². The summed E-state index contributed by atoms with van der Waals surface area (Å²) in [5, 5.41) is 0. The minimum absolute atomic E-state index is 1.19. The van der Waals surface area contributed by atoms with E-state index in [9.17, 15) is 0 Å².